The molecule has 2 rings (SSSR count). The van der Waals surface area contributed by atoms with Gasteiger partial charge in [0.1, 0.15) is 11.9 Å². The lowest BCUT2D eigenvalue weighted by Crippen LogP contribution is -2.22. The monoisotopic (exact) mass is 519 g/mol. The Balaban J connectivity index is 2.19. The molecular weight excluding hydrogens is 501 g/mol. The highest BCUT2D eigenvalue weighted by Crippen LogP contribution is 2.35. The third kappa shape index (κ3) is 5.86. The van der Waals surface area contributed by atoms with Crippen LogP contribution in [0.25, 0.3) is 0 Å². The first-order valence-electron chi connectivity index (χ1n) is 7.73. The lowest BCUT2D eigenvalue weighted by Gasteiger charge is -2.25. The molecule has 0 heterocycles. The van der Waals surface area contributed by atoms with Crippen LogP contribution in [0.4, 0.5) is 10.5 Å². The number of aliphatic hydroxyl groups excluding tert-OH is 1. The zero-order valence-electron chi connectivity index (χ0n) is 13.6. The summed E-state index contributed by atoms with van der Waals surface area (Å²) < 4.78 is 7.41. The average Bonchev–Trinajstić information content (AvgIpc) is 2.57. The largest absolute Gasteiger partial charge is 0.508 e. The van der Waals surface area contributed by atoms with Crippen LogP contribution in [0.3, 0.4) is 0 Å². The van der Waals surface area contributed by atoms with Crippen LogP contribution >= 0.6 is 38.5 Å². The number of anilines is 1. The van der Waals surface area contributed by atoms with E-state index in [9.17, 15) is 15.0 Å². The van der Waals surface area contributed by atoms with Crippen LogP contribution in [0.15, 0.2) is 46.9 Å². The van der Waals surface area contributed by atoms with Gasteiger partial charge in [0.05, 0.1) is 0 Å². The minimum atomic E-state index is -0.669. The van der Waals surface area contributed by atoms with E-state index >= 15 is 0 Å². The van der Waals surface area contributed by atoms with Gasteiger partial charge in [0.2, 0.25) is 0 Å². The molecule has 0 fully saturated rings. The fourth-order valence-electron chi connectivity index (χ4n) is 2.39. The average molecular weight is 520 g/mol. The summed E-state index contributed by atoms with van der Waals surface area (Å²) in [7, 11) is 0. The molecule has 0 unspecified atom stereocenters. The molecule has 134 valence electrons. The molecule has 0 aromatic heterocycles. The van der Waals surface area contributed by atoms with Gasteiger partial charge in [-0.2, -0.15) is 0 Å². The highest BCUT2D eigenvalue weighted by Gasteiger charge is 2.26. The fourth-order valence-corrected chi connectivity index (χ4v) is 3.17. The summed E-state index contributed by atoms with van der Waals surface area (Å²) in [6.07, 6.45) is -0.839. The second-order valence-corrected chi connectivity index (χ2v) is 7.81. The number of aromatic hydroxyl groups is 1. The van der Waals surface area contributed by atoms with Crippen molar-refractivity contribution < 1.29 is 19.7 Å². The summed E-state index contributed by atoms with van der Waals surface area (Å²) in [5.41, 5.74) is 1.13. The summed E-state index contributed by atoms with van der Waals surface area (Å²) in [5.74, 6) is -0.101. The van der Waals surface area contributed by atoms with Crippen molar-refractivity contribution in [1.82, 2.24) is 0 Å². The van der Waals surface area contributed by atoms with Gasteiger partial charge in [-0.25, -0.2) is 4.79 Å². The number of hydrogen-bond acceptors (Lipinski definition) is 4. The Morgan fingerprint density at radius 2 is 1.96 bits per heavy atom. The van der Waals surface area contributed by atoms with Crippen molar-refractivity contribution in [1.29, 1.82) is 0 Å². The molecule has 2 aromatic carbocycles. The number of phenols is 1. The Hall–Kier alpha value is -1.32. The lowest BCUT2D eigenvalue weighted by molar-refractivity contribution is 0.0652. The van der Waals surface area contributed by atoms with E-state index < -0.39 is 12.2 Å². The number of hydrogen-bond donors (Lipinski definition) is 3. The van der Waals surface area contributed by atoms with Crippen LogP contribution in [-0.2, 0) is 4.74 Å². The lowest BCUT2D eigenvalue weighted by atomic mass is 9.94. The summed E-state index contributed by atoms with van der Waals surface area (Å²) in [6, 6.07) is 12.3. The van der Waals surface area contributed by atoms with E-state index in [1.165, 1.54) is 0 Å². The zero-order valence-corrected chi connectivity index (χ0v) is 17.3. The van der Waals surface area contributed by atoms with Gasteiger partial charge in [-0.15, -0.1) is 0 Å². The van der Waals surface area contributed by atoms with E-state index in [0.29, 0.717) is 17.7 Å². The molecule has 2 atom stereocenters. The van der Waals surface area contributed by atoms with Crippen LogP contribution in [0.2, 0.25) is 0 Å². The number of carbonyl (C=O) groups excluding carboxylic acids is 1. The van der Waals surface area contributed by atoms with Gasteiger partial charge in [-0.05, 0) is 77.4 Å². The van der Waals surface area contributed by atoms with Gasteiger partial charge >= 0.3 is 6.09 Å². The molecule has 0 aliphatic rings. The van der Waals surface area contributed by atoms with E-state index in [0.717, 1.165) is 8.04 Å². The number of aliphatic hydroxyl groups is 1. The molecule has 25 heavy (non-hydrogen) atoms. The SMILES string of the molecule is C[C@@H](CCO)[C@H](OC(=O)Nc1ccc(Br)cc1)c1cc(I)ccc1O. The van der Waals surface area contributed by atoms with E-state index in [1.54, 1.807) is 30.3 Å². The molecular formula is C18H19BrINO4. The van der Waals surface area contributed by atoms with Crippen LogP contribution in [0.5, 0.6) is 5.75 Å². The minimum absolute atomic E-state index is 0.0277. The number of phenolic OH excluding ortho intramolecular Hbond substituents is 1. The quantitative estimate of drug-likeness (QED) is 0.466. The molecule has 3 N–H and O–H groups in total. The standard InChI is InChI=1S/C18H19BrINO4/c1-11(8-9-22)17(15-10-13(20)4-7-16(15)23)25-18(24)21-14-5-2-12(19)3-6-14/h2-7,10-11,17,22-23H,8-9H2,1H3,(H,21,24)/t11-,17-/m0/s1. The number of nitrogens with one attached hydrogen (secondary N) is 1. The second kappa shape index (κ2) is 9.40. The number of carbonyl (C=O) groups is 1. The Bertz CT molecular complexity index is 724. The van der Waals surface area contributed by atoms with Crippen LogP contribution in [0, 0.1) is 9.49 Å². The molecule has 0 aliphatic carbocycles. The molecule has 0 aliphatic heterocycles. The first-order chi connectivity index (χ1) is 11.9. The topological polar surface area (TPSA) is 78.8 Å². The van der Waals surface area contributed by atoms with E-state index in [-0.39, 0.29) is 18.3 Å². The second-order valence-electron chi connectivity index (χ2n) is 5.65. The fraction of sp³-hybridized carbons (Fsp3) is 0.278. The molecule has 0 spiro atoms. The van der Waals surface area contributed by atoms with Gasteiger partial charge in [0, 0.05) is 25.9 Å². The highest BCUT2D eigenvalue weighted by molar-refractivity contribution is 14.1. The summed E-state index contributed by atoms with van der Waals surface area (Å²) in [4.78, 5) is 12.3. The summed E-state index contributed by atoms with van der Waals surface area (Å²) in [5, 5.41) is 22.1. The predicted octanol–water partition coefficient (Wildman–Crippen LogP) is 5.07. The Morgan fingerprint density at radius 3 is 2.60 bits per heavy atom. The van der Waals surface area contributed by atoms with Crippen molar-refractivity contribution >= 4 is 50.3 Å². The molecule has 0 bridgehead atoms. The third-order valence-corrected chi connectivity index (χ3v) is 4.92. The highest BCUT2D eigenvalue weighted by atomic mass is 127. The van der Waals surface area contributed by atoms with Gasteiger partial charge in [-0.1, -0.05) is 22.9 Å². The first kappa shape index (κ1) is 20.0. The number of amides is 1. The molecule has 1 amide bonds. The van der Waals surface area contributed by atoms with Gasteiger partial charge in [-0.3, -0.25) is 5.32 Å². The van der Waals surface area contributed by atoms with Gasteiger partial charge < -0.3 is 14.9 Å². The van der Waals surface area contributed by atoms with Crippen molar-refractivity contribution in [3.63, 3.8) is 0 Å². The van der Waals surface area contributed by atoms with E-state index in [2.05, 4.69) is 43.8 Å². The Kier molecular flexibility index (Phi) is 7.52. The summed E-state index contributed by atoms with van der Waals surface area (Å²) in [6.45, 7) is 1.84. The Labute approximate surface area is 168 Å². The van der Waals surface area contributed by atoms with Crippen molar-refractivity contribution in [2.75, 3.05) is 11.9 Å². The smallest absolute Gasteiger partial charge is 0.412 e. The van der Waals surface area contributed by atoms with Crippen LogP contribution < -0.4 is 5.32 Å². The maximum absolute atomic E-state index is 12.3. The van der Waals surface area contributed by atoms with Crippen LogP contribution in [-0.4, -0.2) is 22.9 Å². The van der Waals surface area contributed by atoms with Gasteiger partial charge in [0.25, 0.3) is 0 Å². The summed E-state index contributed by atoms with van der Waals surface area (Å²) >= 11 is 5.47. The van der Waals surface area contributed by atoms with Crippen molar-refractivity contribution in [2.24, 2.45) is 5.92 Å². The molecule has 5 nitrogen and oxygen atoms in total. The van der Waals surface area contributed by atoms with E-state index in [1.807, 2.05) is 19.1 Å². The maximum Gasteiger partial charge on any atom is 0.412 e. The maximum atomic E-state index is 12.3. The minimum Gasteiger partial charge on any atom is -0.508 e. The van der Waals surface area contributed by atoms with Crippen LogP contribution in [0.1, 0.15) is 25.0 Å². The van der Waals surface area contributed by atoms with E-state index in [4.69, 9.17) is 4.74 Å². The molecule has 0 saturated carbocycles. The third-order valence-electron chi connectivity index (χ3n) is 3.72. The predicted molar refractivity (Wildman–Crippen MR) is 109 cm³/mol. The number of halogens is 2. The normalized spacial score (nSPS) is 13.1. The Morgan fingerprint density at radius 1 is 1.28 bits per heavy atom. The molecule has 2 aromatic rings. The van der Waals surface area contributed by atoms with Crippen molar-refractivity contribution in [2.45, 2.75) is 19.4 Å². The molecule has 0 radical (unpaired) electrons. The number of rotatable bonds is 6. The van der Waals surface area contributed by atoms with Crippen molar-refractivity contribution in [3.05, 3.63) is 56.1 Å². The molecule has 7 heteroatoms. The first-order valence-corrected chi connectivity index (χ1v) is 9.60. The zero-order chi connectivity index (χ0) is 18.4. The van der Waals surface area contributed by atoms with Crippen molar-refractivity contribution in [3.8, 4) is 5.75 Å². The number of ether oxygens (including phenoxy) is 1. The van der Waals surface area contributed by atoms with Gasteiger partial charge in [0.15, 0.2) is 0 Å². The number of benzene rings is 2. The molecule has 0 saturated heterocycles.